The van der Waals surface area contributed by atoms with Gasteiger partial charge in [0.15, 0.2) is 0 Å². The highest BCUT2D eigenvalue weighted by atomic mass is 16.6. The van der Waals surface area contributed by atoms with E-state index in [1.165, 1.54) is 0 Å². The summed E-state index contributed by atoms with van der Waals surface area (Å²) in [6.07, 6.45) is 2.83. The van der Waals surface area contributed by atoms with E-state index in [2.05, 4.69) is 0 Å². The van der Waals surface area contributed by atoms with Crippen LogP contribution in [0.15, 0.2) is 30.3 Å². The summed E-state index contributed by atoms with van der Waals surface area (Å²) in [6, 6.07) is 9.69. The number of nitrogens with zero attached hydrogens (tertiary/aromatic N) is 1. The summed E-state index contributed by atoms with van der Waals surface area (Å²) in [5.74, 6) is 0. The van der Waals surface area contributed by atoms with E-state index in [0.29, 0.717) is 19.7 Å². The van der Waals surface area contributed by atoms with E-state index in [1.54, 1.807) is 4.90 Å². The highest BCUT2D eigenvalue weighted by Gasteiger charge is 2.25. The molecular formula is C16H23NO3. The molecule has 0 bridgehead atoms. The Bertz CT molecular complexity index is 419. The summed E-state index contributed by atoms with van der Waals surface area (Å²) in [7, 11) is 0. The molecule has 0 unspecified atom stereocenters. The third-order valence-corrected chi connectivity index (χ3v) is 3.75. The van der Waals surface area contributed by atoms with E-state index >= 15 is 0 Å². The fourth-order valence-corrected chi connectivity index (χ4v) is 2.53. The summed E-state index contributed by atoms with van der Waals surface area (Å²) < 4.78 is 5.34. The molecule has 2 rings (SSSR count). The number of carbonyl (C=O) groups is 1. The molecule has 1 heterocycles. The average Bonchev–Trinajstić information content (AvgIpc) is 2.42. The molecule has 110 valence electrons. The van der Waals surface area contributed by atoms with Gasteiger partial charge in [0.2, 0.25) is 0 Å². The van der Waals surface area contributed by atoms with Gasteiger partial charge < -0.3 is 14.7 Å². The van der Waals surface area contributed by atoms with Crippen molar-refractivity contribution in [2.24, 2.45) is 0 Å². The van der Waals surface area contributed by atoms with Crippen LogP contribution in [-0.2, 0) is 11.3 Å². The molecule has 4 heteroatoms. The average molecular weight is 277 g/mol. The summed E-state index contributed by atoms with van der Waals surface area (Å²) in [4.78, 5) is 13.8. The third kappa shape index (κ3) is 4.53. The topological polar surface area (TPSA) is 49.8 Å². The van der Waals surface area contributed by atoms with Gasteiger partial charge in [-0.3, -0.25) is 0 Å². The standard InChI is InChI=1S/C16H23NO3/c1-16(19)9-5-11-17(12-6-10-16)15(18)20-13-14-7-3-2-4-8-14/h2-4,7-8,19H,5-6,9-13H2,1H3. The summed E-state index contributed by atoms with van der Waals surface area (Å²) in [6.45, 7) is 3.50. The monoisotopic (exact) mass is 277 g/mol. The maximum absolute atomic E-state index is 12.0. The van der Waals surface area contributed by atoms with Crippen LogP contribution in [0.4, 0.5) is 4.79 Å². The molecule has 4 nitrogen and oxygen atoms in total. The molecule has 1 amide bonds. The molecule has 1 saturated heterocycles. The molecule has 1 N–H and O–H groups in total. The summed E-state index contributed by atoms with van der Waals surface area (Å²) >= 11 is 0. The number of benzene rings is 1. The predicted octanol–water partition coefficient (Wildman–Crippen LogP) is 2.95. The Morgan fingerprint density at radius 1 is 1.25 bits per heavy atom. The zero-order valence-electron chi connectivity index (χ0n) is 12.0. The van der Waals surface area contributed by atoms with Crippen LogP contribution in [-0.4, -0.2) is 34.8 Å². The van der Waals surface area contributed by atoms with Crippen LogP contribution in [0, 0.1) is 0 Å². The van der Waals surface area contributed by atoms with Gasteiger partial charge in [0.1, 0.15) is 6.61 Å². The molecule has 0 aliphatic carbocycles. The maximum atomic E-state index is 12.0. The van der Waals surface area contributed by atoms with E-state index in [-0.39, 0.29) is 6.09 Å². The van der Waals surface area contributed by atoms with Crippen molar-refractivity contribution in [3.63, 3.8) is 0 Å². The van der Waals surface area contributed by atoms with E-state index in [4.69, 9.17) is 4.74 Å². The van der Waals surface area contributed by atoms with Gasteiger partial charge in [-0.1, -0.05) is 30.3 Å². The van der Waals surface area contributed by atoms with Crippen LogP contribution < -0.4 is 0 Å². The fourth-order valence-electron chi connectivity index (χ4n) is 2.53. The second kappa shape index (κ2) is 6.75. The van der Waals surface area contributed by atoms with Crippen molar-refractivity contribution in [3.8, 4) is 0 Å². The lowest BCUT2D eigenvalue weighted by Gasteiger charge is -2.30. The largest absolute Gasteiger partial charge is 0.445 e. The lowest BCUT2D eigenvalue weighted by molar-refractivity contribution is 0.0208. The Morgan fingerprint density at radius 3 is 2.45 bits per heavy atom. The number of carbonyl (C=O) groups excluding carboxylic acids is 1. The summed E-state index contributed by atoms with van der Waals surface area (Å²) in [5.41, 5.74) is 0.413. The smallest absolute Gasteiger partial charge is 0.410 e. The van der Waals surface area contributed by atoms with Crippen LogP contribution in [0.3, 0.4) is 0 Å². The molecule has 0 saturated carbocycles. The first-order chi connectivity index (χ1) is 9.57. The Morgan fingerprint density at radius 2 is 1.85 bits per heavy atom. The van der Waals surface area contributed by atoms with Gasteiger partial charge in [-0.25, -0.2) is 4.79 Å². The first kappa shape index (κ1) is 14.9. The van der Waals surface area contributed by atoms with Gasteiger partial charge in [0.25, 0.3) is 0 Å². The van der Waals surface area contributed by atoms with Crippen LogP contribution in [0.2, 0.25) is 0 Å². The van der Waals surface area contributed by atoms with Crippen LogP contribution in [0.1, 0.15) is 38.2 Å². The van der Waals surface area contributed by atoms with Crippen molar-refractivity contribution >= 4 is 6.09 Å². The molecule has 1 aromatic carbocycles. The van der Waals surface area contributed by atoms with Crippen molar-refractivity contribution in [2.75, 3.05) is 13.1 Å². The molecular weight excluding hydrogens is 254 g/mol. The second-order valence-corrected chi connectivity index (χ2v) is 5.73. The predicted molar refractivity (Wildman–Crippen MR) is 77.3 cm³/mol. The number of ether oxygens (including phenoxy) is 1. The van der Waals surface area contributed by atoms with Crippen LogP contribution >= 0.6 is 0 Å². The van der Waals surface area contributed by atoms with E-state index in [1.807, 2.05) is 37.3 Å². The fraction of sp³-hybridized carbons (Fsp3) is 0.562. The lowest BCUT2D eigenvalue weighted by Crippen LogP contribution is -2.38. The maximum Gasteiger partial charge on any atom is 0.410 e. The molecule has 20 heavy (non-hydrogen) atoms. The van der Waals surface area contributed by atoms with Gasteiger partial charge in [0, 0.05) is 13.1 Å². The van der Waals surface area contributed by atoms with Crippen molar-refractivity contribution in [3.05, 3.63) is 35.9 Å². The highest BCUT2D eigenvalue weighted by Crippen LogP contribution is 2.22. The van der Waals surface area contributed by atoms with Gasteiger partial charge >= 0.3 is 6.09 Å². The van der Waals surface area contributed by atoms with E-state index in [0.717, 1.165) is 31.2 Å². The Labute approximate surface area is 120 Å². The third-order valence-electron chi connectivity index (χ3n) is 3.75. The minimum atomic E-state index is -0.583. The molecule has 1 aromatic rings. The SMILES string of the molecule is CC1(O)CCCN(C(=O)OCc2ccccc2)CCC1. The van der Waals surface area contributed by atoms with E-state index < -0.39 is 5.60 Å². The molecule has 0 spiro atoms. The van der Waals surface area contributed by atoms with Crippen molar-refractivity contribution in [1.82, 2.24) is 4.90 Å². The van der Waals surface area contributed by atoms with Crippen molar-refractivity contribution < 1.29 is 14.6 Å². The molecule has 0 atom stereocenters. The second-order valence-electron chi connectivity index (χ2n) is 5.73. The first-order valence-electron chi connectivity index (χ1n) is 7.25. The Hall–Kier alpha value is -1.55. The van der Waals surface area contributed by atoms with Crippen molar-refractivity contribution in [1.29, 1.82) is 0 Å². The number of amides is 1. The first-order valence-corrected chi connectivity index (χ1v) is 7.25. The quantitative estimate of drug-likeness (QED) is 0.904. The molecule has 0 aromatic heterocycles. The molecule has 0 radical (unpaired) electrons. The Balaban J connectivity index is 1.80. The van der Waals surface area contributed by atoms with Crippen LogP contribution in [0.25, 0.3) is 0 Å². The van der Waals surface area contributed by atoms with Crippen molar-refractivity contribution in [2.45, 2.75) is 44.8 Å². The molecule has 1 fully saturated rings. The zero-order chi connectivity index (χ0) is 14.4. The summed E-state index contributed by atoms with van der Waals surface area (Å²) in [5, 5.41) is 10.0. The van der Waals surface area contributed by atoms with Gasteiger partial charge in [-0.05, 0) is 38.2 Å². The Kier molecular flexibility index (Phi) is 5.01. The lowest BCUT2D eigenvalue weighted by atomic mass is 9.93. The van der Waals surface area contributed by atoms with Gasteiger partial charge in [-0.15, -0.1) is 0 Å². The number of hydrogen-bond donors (Lipinski definition) is 1. The van der Waals surface area contributed by atoms with Gasteiger partial charge in [0.05, 0.1) is 5.60 Å². The normalized spacial score (nSPS) is 19.0. The van der Waals surface area contributed by atoms with Gasteiger partial charge in [-0.2, -0.15) is 0 Å². The molecule has 1 aliphatic rings. The minimum absolute atomic E-state index is 0.254. The minimum Gasteiger partial charge on any atom is -0.445 e. The number of rotatable bonds is 2. The zero-order valence-corrected chi connectivity index (χ0v) is 12.0. The number of hydrogen-bond acceptors (Lipinski definition) is 3. The highest BCUT2D eigenvalue weighted by molar-refractivity contribution is 5.67. The van der Waals surface area contributed by atoms with E-state index in [9.17, 15) is 9.90 Å². The number of likely N-dealkylation sites (tertiary alicyclic amines) is 1. The molecule has 1 aliphatic heterocycles. The number of aliphatic hydroxyl groups is 1. The van der Waals surface area contributed by atoms with Crippen LogP contribution in [0.5, 0.6) is 0 Å².